The number of amides is 1. The summed E-state index contributed by atoms with van der Waals surface area (Å²) in [5, 5.41) is 13.6. The molecule has 0 radical (unpaired) electrons. The number of nitrogens with zero attached hydrogens (tertiary/aromatic N) is 3. The van der Waals surface area contributed by atoms with Crippen LogP contribution in [0.2, 0.25) is 0 Å². The van der Waals surface area contributed by atoms with Crippen LogP contribution >= 0.6 is 0 Å². The third-order valence-electron chi connectivity index (χ3n) is 3.96. The fourth-order valence-electron chi connectivity index (χ4n) is 2.59. The monoisotopic (exact) mass is 356 g/mol. The van der Waals surface area contributed by atoms with Crippen molar-refractivity contribution in [2.45, 2.75) is 26.3 Å². The van der Waals surface area contributed by atoms with Gasteiger partial charge in [-0.2, -0.15) is 0 Å². The van der Waals surface area contributed by atoms with Crippen LogP contribution in [0, 0.1) is 17.0 Å². The Morgan fingerprint density at radius 3 is 2.92 bits per heavy atom. The minimum atomic E-state index is -0.607. The smallest absolute Gasteiger partial charge is 0.407 e. The molecule has 9 heteroatoms. The van der Waals surface area contributed by atoms with Crippen molar-refractivity contribution in [3.63, 3.8) is 0 Å². The van der Waals surface area contributed by atoms with Crippen LogP contribution in [0.4, 0.5) is 11.4 Å². The summed E-state index contributed by atoms with van der Waals surface area (Å²) in [5.74, 6) is -0.790. The van der Waals surface area contributed by atoms with Gasteiger partial charge in [-0.05, 0) is 31.0 Å². The molecule has 0 aliphatic carbocycles. The lowest BCUT2D eigenvalue weighted by molar-refractivity contribution is -0.384. The fourth-order valence-corrected chi connectivity index (χ4v) is 2.59. The van der Waals surface area contributed by atoms with Crippen molar-refractivity contribution in [1.82, 2.24) is 9.55 Å². The van der Waals surface area contributed by atoms with Gasteiger partial charge in [0.05, 0.1) is 28.4 Å². The molecule has 0 saturated heterocycles. The summed E-state index contributed by atoms with van der Waals surface area (Å²) < 4.78 is 6.42. The molecule has 1 N–H and O–H groups in total. The quantitative estimate of drug-likeness (QED) is 0.535. The van der Waals surface area contributed by atoms with E-state index in [1.165, 1.54) is 22.8 Å². The van der Waals surface area contributed by atoms with Gasteiger partial charge in [0.15, 0.2) is 5.58 Å². The van der Waals surface area contributed by atoms with Crippen molar-refractivity contribution < 1.29 is 14.1 Å². The number of carbonyl (C=O) groups is 1. The van der Waals surface area contributed by atoms with Gasteiger partial charge >= 0.3 is 5.76 Å². The Morgan fingerprint density at radius 2 is 2.19 bits per heavy atom. The van der Waals surface area contributed by atoms with E-state index in [-0.39, 0.29) is 30.1 Å². The van der Waals surface area contributed by atoms with Crippen LogP contribution < -0.4 is 11.1 Å². The summed E-state index contributed by atoms with van der Waals surface area (Å²) in [6, 6.07) is 5.79. The van der Waals surface area contributed by atoms with E-state index in [1.807, 2.05) is 6.92 Å². The number of hydrogen-bond acceptors (Lipinski definition) is 6. The molecule has 0 unspecified atom stereocenters. The molecule has 134 valence electrons. The lowest BCUT2D eigenvalue weighted by Gasteiger charge is -2.07. The minimum Gasteiger partial charge on any atom is -0.407 e. The third kappa shape index (κ3) is 3.61. The van der Waals surface area contributed by atoms with Crippen LogP contribution in [0.25, 0.3) is 11.1 Å². The molecular weight excluding hydrogens is 340 g/mol. The zero-order valence-electron chi connectivity index (χ0n) is 14.0. The van der Waals surface area contributed by atoms with Crippen LogP contribution in [0.1, 0.15) is 18.4 Å². The maximum absolute atomic E-state index is 12.0. The molecule has 0 atom stereocenters. The number of oxazole rings is 1. The summed E-state index contributed by atoms with van der Waals surface area (Å²) in [5.41, 5.74) is 2.02. The number of carbonyl (C=O) groups excluding carboxylic acids is 1. The largest absolute Gasteiger partial charge is 0.419 e. The molecule has 26 heavy (non-hydrogen) atoms. The van der Waals surface area contributed by atoms with Crippen LogP contribution in [0.5, 0.6) is 0 Å². The number of rotatable bonds is 6. The standard InChI is InChI=1S/C17H16N4O5/c1-11-6-7-18-10-13(11)19-16(22)3-2-8-20-14-5-4-12(21(24)25)9-15(14)26-17(20)23/h4-7,9-10H,2-3,8H2,1H3,(H,19,22). The number of pyridine rings is 1. The van der Waals surface area contributed by atoms with Crippen molar-refractivity contribution >= 4 is 28.4 Å². The van der Waals surface area contributed by atoms with E-state index >= 15 is 0 Å². The summed E-state index contributed by atoms with van der Waals surface area (Å²) in [6.07, 6.45) is 3.84. The van der Waals surface area contributed by atoms with Gasteiger partial charge in [0.2, 0.25) is 5.91 Å². The number of aromatic nitrogens is 2. The highest BCUT2D eigenvalue weighted by Gasteiger charge is 2.14. The number of non-ortho nitro benzene ring substituents is 1. The lowest BCUT2D eigenvalue weighted by Crippen LogP contribution is -2.17. The van der Waals surface area contributed by atoms with Gasteiger partial charge in [-0.25, -0.2) is 4.79 Å². The van der Waals surface area contributed by atoms with Gasteiger partial charge in [-0.1, -0.05) is 0 Å². The first-order chi connectivity index (χ1) is 12.5. The van der Waals surface area contributed by atoms with Gasteiger partial charge in [-0.15, -0.1) is 0 Å². The van der Waals surface area contributed by atoms with Gasteiger partial charge in [0.1, 0.15) is 0 Å². The molecule has 0 spiro atoms. The van der Waals surface area contributed by atoms with E-state index < -0.39 is 10.7 Å². The second-order valence-corrected chi connectivity index (χ2v) is 5.77. The first-order valence-corrected chi connectivity index (χ1v) is 7.94. The predicted molar refractivity (Wildman–Crippen MR) is 94.0 cm³/mol. The van der Waals surface area contributed by atoms with Crippen molar-refractivity contribution in [1.29, 1.82) is 0 Å². The number of fused-ring (bicyclic) bond motifs is 1. The second kappa shape index (κ2) is 7.18. The minimum absolute atomic E-state index is 0.149. The molecule has 0 saturated carbocycles. The first-order valence-electron chi connectivity index (χ1n) is 7.94. The Hall–Kier alpha value is -3.49. The van der Waals surface area contributed by atoms with E-state index in [0.29, 0.717) is 17.6 Å². The molecule has 0 aliphatic rings. The van der Waals surface area contributed by atoms with Gasteiger partial charge in [0, 0.05) is 25.2 Å². The zero-order chi connectivity index (χ0) is 18.7. The van der Waals surface area contributed by atoms with Crippen molar-refractivity contribution in [2.75, 3.05) is 5.32 Å². The molecule has 0 fully saturated rings. The Bertz CT molecular complexity index is 1040. The average molecular weight is 356 g/mol. The summed E-state index contributed by atoms with van der Waals surface area (Å²) in [4.78, 5) is 38.2. The first kappa shape index (κ1) is 17.3. The molecular formula is C17H16N4O5. The van der Waals surface area contributed by atoms with Crippen molar-refractivity contribution in [2.24, 2.45) is 0 Å². The van der Waals surface area contributed by atoms with E-state index in [0.717, 1.165) is 5.56 Å². The number of hydrogen-bond donors (Lipinski definition) is 1. The lowest BCUT2D eigenvalue weighted by atomic mass is 10.2. The Kier molecular flexibility index (Phi) is 4.78. The van der Waals surface area contributed by atoms with Crippen LogP contribution in [0.15, 0.2) is 45.9 Å². The SMILES string of the molecule is Cc1ccncc1NC(=O)CCCn1c(=O)oc2cc([N+](=O)[O-])ccc21. The Balaban J connectivity index is 1.65. The number of nitro benzene ring substituents is 1. The molecule has 1 aromatic carbocycles. The molecule has 9 nitrogen and oxygen atoms in total. The Morgan fingerprint density at radius 1 is 1.38 bits per heavy atom. The summed E-state index contributed by atoms with van der Waals surface area (Å²) >= 11 is 0. The van der Waals surface area contributed by atoms with Crippen LogP contribution in [-0.4, -0.2) is 20.4 Å². The molecule has 3 rings (SSSR count). The highest BCUT2D eigenvalue weighted by atomic mass is 16.6. The normalized spacial score (nSPS) is 10.8. The summed E-state index contributed by atoms with van der Waals surface area (Å²) in [7, 11) is 0. The van der Waals surface area contributed by atoms with E-state index in [9.17, 15) is 19.7 Å². The van der Waals surface area contributed by atoms with E-state index in [1.54, 1.807) is 18.5 Å². The Labute approximate surface area is 147 Å². The number of nitro groups is 1. The van der Waals surface area contributed by atoms with Gasteiger partial charge < -0.3 is 9.73 Å². The summed E-state index contributed by atoms with van der Waals surface area (Å²) in [6.45, 7) is 2.14. The molecule has 0 bridgehead atoms. The highest BCUT2D eigenvalue weighted by Crippen LogP contribution is 2.20. The molecule has 2 heterocycles. The van der Waals surface area contributed by atoms with Crippen LogP contribution in [0.3, 0.4) is 0 Å². The van der Waals surface area contributed by atoms with Gasteiger partial charge in [-0.3, -0.25) is 24.5 Å². The van der Waals surface area contributed by atoms with Crippen LogP contribution in [-0.2, 0) is 11.3 Å². The number of anilines is 1. The number of aryl methyl sites for hydroxylation is 2. The zero-order valence-corrected chi connectivity index (χ0v) is 14.0. The highest BCUT2D eigenvalue weighted by molar-refractivity contribution is 5.91. The van der Waals surface area contributed by atoms with Crippen molar-refractivity contribution in [3.8, 4) is 0 Å². The predicted octanol–water partition coefficient (Wildman–Crippen LogP) is 2.63. The molecule has 2 aromatic heterocycles. The topological polar surface area (TPSA) is 120 Å². The maximum atomic E-state index is 12.0. The molecule has 0 aliphatic heterocycles. The molecule has 3 aromatic rings. The second-order valence-electron chi connectivity index (χ2n) is 5.77. The van der Waals surface area contributed by atoms with Gasteiger partial charge in [0.25, 0.3) is 5.69 Å². The number of nitrogens with one attached hydrogen (secondary N) is 1. The average Bonchev–Trinajstić information content (AvgIpc) is 2.91. The van der Waals surface area contributed by atoms with Crippen molar-refractivity contribution in [3.05, 3.63) is 62.9 Å². The maximum Gasteiger partial charge on any atom is 0.419 e. The van der Waals surface area contributed by atoms with E-state index in [2.05, 4.69) is 10.3 Å². The molecule has 1 amide bonds. The fraction of sp³-hybridized carbons (Fsp3) is 0.235. The third-order valence-corrected chi connectivity index (χ3v) is 3.96. The van der Waals surface area contributed by atoms with E-state index in [4.69, 9.17) is 4.42 Å². The number of benzene rings is 1.